The van der Waals surface area contributed by atoms with E-state index in [0.29, 0.717) is 32.0 Å². The minimum Gasteiger partial charge on any atom is -0.510 e. The molecule has 4 N–H and O–H groups in total. The van der Waals surface area contributed by atoms with E-state index in [2.05, 4.69) is 10.6 Å². The van der Waals surface area contributed by atoms with Crippen molar-refractivity contribution in [1.82, 2.24) is 20.4 Å². The minimum absolute atomic E-state index is 0.0179. The average molecular weight is 521 g/mol. The highest BCUT2D eigenvalue weighted by molar-refractivity contribution is 6.10. The van der Waals surface area contributed by atoms with Crippen LogP contribution in [0.15, 0.2) is 41.4 Å². The number of aliphatic hydroxyl groups is 2. The van der Waals surface area contributed by atoms with Gasteiger partial charge in [-0.1, -0.05) is 18.9 Å². The number of carbonyl (C=O) groups excluding carboxylic acids is 3. The molecule has 2 atom stereocenters. The van der Waals surface area contributed by atoms with Crippen LogP contribution in [-0.2, 0) is 20.9 Å². The van der Waals surface area contributed by atoms with Crippen molar-refractivity contribution in [3.63, 3.8) is 0 Å². The third kappa shape index (κ3) is 7.14. The number of rotatable bonds is 10. The smallest absolute Gasteiger partial charge is 0.274 e. The quantitative estimate of drug-likeness (QED) is 0.0926. The Bertz CT molecular complexity index is 1060. The Morgan fingerprint density at radius 3 is 2.65 bits per heavy atom. The number of piperazine rings is 1. The molecule has 1 heterocycles. The molecule has 37 heavy (non-hydrogen) atoms. The van der Waals surface area contributed by atoms with Gasteiger partial charge in [-0.2, -0.15) is 0 Å². The Morgan fingerprint density at radius 1 is 1.22 bits per heavy atom. The summed E-state index contributed by atoms with van der Waals surface area (Å²) in [6.07, 6.45) is 5.33. The van der Waals surface area contributed by atoms with E-state index in [0.717, 1.165) is 31.7 Å². The number of nitrogens with one attached hydrogen (secondary N) is 2. The van der Waals surface area contributed by atoms with Gasteiger partial charge in [-0.3, -0.25) is 14.4 Å². The van der Waals surface area contributed by atoms with Gasteiger partial charge in [0.25, 0.3) is 11.8 Å². The molecular formula is C26H34F2N4O5. The Hall–Kier alpha value is -3.31. The number of carbonyl (C=O) groups is 3. The van der Waals surface area contributed by atoms with Gasteiger partial charge in [0.2, 0.25) is 0 Å². The van der Waals surface area contributed by atoms with E-state index in [-0.39, 0.29) is 60.2 Å². The summed E-state index contributed by atoms with van der Waals surface area (Å²) in [4.78, 5) is 40.9. The van der Waals surface area contributed by atoms with Crippen LogP contribution in [0.1, 0.15) is 38.2 Å². The first kappa shape index (κ1) is 28.3. The van der Waals surface area contributed by atoms with Crippen LogP contribution < -0.4 is 10.6 Å². The molecule has 1 aromatic rings. The Kier molecular flexibility index (Phi) is 10.2. The van der Waals surface area contributed by atoms with Gasteiger partial charge in [-0.15, -0.1) is 0 Å². The van der Waals surface area contributed by atoms with E-state index in [1.165, 1.54) is 24.1 Å². The largest absolute Gasteiger partial charge is 0.510 e. The number of amides is 2. The average Bonchev–Trinajstić information content (AvgIpc) is 2.87. The molecule has 3 rings (SSSR count). The van der Waals surface area contributed by atoms with E-state index in [4.69, 9.17) is 5.11 Å². The lowest BCUT2D eigenvalue weighted by Crippen LogP contribution is -2.55. The van der Waals surface area contributed by atoms with Gasteiger partial charge in [-0.05, 0) is 31.7 Å². The number of aliphatic hydroxyl groups excluding tert-OH is 2. The summed E-state index contributed by atoms with van der Waals surface area (Å²) in [7, 11) is 0. The summed E-state index contributed by atoms with van der Waals surface area (Å²) in [5, 5.41) is 25.1. The molecule has 9 nitrogen and oxygen atoms in total. The molecule has 2 fully saturated rings. The van der Waals surface area contributed by atoms with Crippen molar-refractivity contribution in [2.24, 2.45) is 5.92 Å². The first-order chi connectivity index (χ1) is 17.8. The summed E-state index contributed by atoms with van der Waals surface area (Å²) >= 11 is 0. The predicted octanol–water partition coefficient (Wildman–Crippen LogP) is 1.74. The van der Waals surface area contributed by atoms with Crippen LogP contribution in [0.5, 0.6) is 0 Å². The zero-order valence-corrected chi connectivity index (χ0v) is 20.9. The lowest BCUT2D eigenvalue weighted by Gasteiger charge is -2.45. The van der Waals surface area contributed by atoms with Crippen molar-refractivity contribution in [2.75, 3.05) is 32.8 Å². The van der Waals surface area contributed by atoms with Crippen molar-refractivity contribution in [2.45, 2.75) is 45.2 Å². The number of aldehydes is 1. The van der Waals surface area contributed by atoms with Crippen LogP contribution in [-0.4, -0.2) is 76.9 Å². The highest BCUT2D eigenvalue weighted by Gasteiger charge is 2.38. The van der Waals surface area contributed by atoms with Gasteiger partial charge in [0, 0.05) is 56.6 Å². The predicted molar refractivity (Wildman–Crippen MR) is 132 cm³/mol. The van der Waals surface area contributed by atoms with Gasteiger partial charge in [0.15, 0.2) is 6.29 Å². The lowest BCUT2D eigenvalue weighted by atomic mass is 9.83. The van der Waals surface area contributed by atoms with Crippen LogP contribution in [0.2, 0.25) is 0 Å². The first-order valence-electron chi connectivity index (χ1n) is 12.4. The molecule has 1 aliphatic heterocycles. The molecule has 1 saturated heterocycles. The highest BCUT2D eigenvalue weighted by atomic mass is 19.1. The van der Waals surface area contributed by atoms with Crippen LogP contribution in [0.4, 0.5) is 8.78 Å². The standard InChI is InChI=1S/C26H34F2N4O5/c1-17(35)24-26(37)32(23-5-3-2-4-19(23)13-29-8-11-33)10-9-31(24)15-20(16-34)25(36)30-14-18-6-7-21(27)12-22(18)28/h6-7,12,15-16,19,23,29,33,35H,2-5,8-11,13-14H2,1H3,(H,30,36)/b20-15+,24-17+. The molecule has 2 unspecified atom stereocenters. The van der Waals surface area contributed by atoms with Gasteiger partial charge in [0.1, 0.15) is 23.1 Å². The zero-order chi connectivity index (χ0) is 26.9. The number of hydrogen-bond donors (Lipinski definition) is 4. The third-order valence-corrected chi connectivity index (χ3v) is 6.78. The SMILES string of the molecule is C/C(O)=C1/C(=O)N(C2CCCCC2CNCCO)CCN1/C=C(\C=O)C(=O)NCc1ccc(F)cc1F. The van der Waals surface area contributed by atoms with Crippen LogP contribution in [0.25, 0.3) is 0 Å². The molecule has 2 amide bonds. The normalized spacial score (nSPS) is 22.2. The van der Waals surface area contributed by atoms with Gasteiger partial charge in [-0.25, -0.2) is 8.78 Å². The highest BCUT2D eigenvalue weighted by Crippen LogP contribution is 2.32. The summed E-state index contributed by atoms with van der Waals surface area (Å²) in [5.74, 6) is -2.80. The topological polar surface area (TPSA) is 122 Å². The molecule has 2 aliphatic rings. The van der Waals surface area contributed by atoms with Crippen molar-refractivity contribution in [3.8, 4) is 0 Å². The number of nitrogens with zero attached hydrogens (tertiary/aromatic N) is 2. The van der Waals surface area contributed by atoms with Crippen molar-refractivity contribution >= 4 is 18.1 Å². The maximum absolute atomic E-state index is 13.9. The molecule has 202 valence electrons. The van der Waals surface area contributed by atoms with Crippen molar-refractivity contribution in [3.05, 3.63) is 58.6 Å². The van der Waals surface area contributed by atoms with E-state index < -0.39 is 17.5 Å². The minimum atomic E-state index is -0.827. The maximum Gasteiger partial charge on any atom is 0.274 e. The summed E-state index contributed by atoms with van der Waals surface area (Å²) < 4.78 is 27.0. The van der Waals surface area contributed by atoms with Crippen molar-refractivity contribution < 1.29 is 33.4 Å². The number of halogens is 2. The summed E-state index contributed by atoms with van der Waals surface area (Å²) in [6.45, 7) is 2.87. The van der Waals surface area contributed by atoms with Gasteiger partial charge >= 0.3 is 0 Å². The molecule has 1 aromatic carbocycles. The first-order valence-corrected chi connectivity index (χ1v) is 12.4. The Morgan fingerprint density at radius 2 is 1.97 bits per heavy atom. The number of hydrogen-bond acceptors (Lipinski definition) is 7. The molecule has 0 spiro atoms. The van der Waals surface area contributed by atoms with Crippen LogP contribution >= 0.6 is 0 Å². The molecule has 11 heteroatoms. The van der Waals surface area contributed by atoms with E-state index in [1.807, 2.05) is 0 Å². The fourth-order valence-corrected chi connectivity index (χ4v) is 4.95. The molecule has 0 aromatic heterocycles. The van der Waals surface area contributed by atoms with E-state index >= 15 is 0 Å². The third-order valence-electron chi connectivity index (χ3n) is 6.78. The number of benzene rings is 1. The maximum atomic E-state index is 13.9. The molecule has 0 bridgehead atoms. The molecule has 1 saturated carbocycles. The Labute approximate surface area is 214 Å². The van der Waals surface area contributed by atoms with E-state index in [9.17, 15) is 28.3 Å². The Balaban J connectivity index is 1.73. The summed E-state index contributed by atoms with van der Waals surface area (Å²) in [6, 6.07) is 2.92. The van der Waals surface area contributed by atoms with Gasteiger partial charge < -0.3 is 30.6 Å². The second-order valence-electron chi connectivity index (χ2n) is 9.29. The van der Waals surface area contributed by atoms with Crippen LogP contribution in [0.3, 0.4) is 0 Å². The van der Waals surface area contributed by atoms with Crippen molar-refractivity contribution in [1.29, 1.82) is 0 Å². The van der Waals surface area contributed by atoms with E-state index in [1.54, 1.807) is 4.90 Å². The summed E-state index contributed by atoms with van der Waals surface area (Å²) in [5.41, 5.74) is -0.284. The molecule has 1 aliphatic carbocycles. The number of allylic oxidation sites excluding steroid dienone is 1. The fourth-order valence-electron chi connectivity index (χ4n) is 4.95. The lowest BCUT2D eigenvalue weighted by molar-refractivity contribution is -0.136. The molecule has 0 radical (unpaired) electrons. The monoisotopic (exact) mass is 520 g/mol. The molecular weight excluding hydrogens is 486 g/mol. The van der Waals surface area contributed by atoms with Crippen LogP contribution in [0, 0.1) is 17.6 Å². The second-order valence-corrected chi connectivity index (χ2v) is 9.29. The van der Waals surface area contributed by atoms with Gasteiger partial charge in [0.05, 0.1) is 12.2 Å². The zero-order valence-electron chi connectivity index (χ0n) is 20.9. The fraction of sp³-hybridized carbons (Fsp3) is 0.500. The second kappa shape index (κ2) is 13.3.